The number of rotatable bonds is 3. The number of hydrogen-bond acceptors (Lipinski definition) is 6. The van der Waals surface area contributed by atoms with Crippen LogP contribution in [-0.2, 0) is 9.53 Å². The second-order valence-corrected chi connectivity index (χ2v) is 6.11. The van der Waals surface area contributed by atoms with Crippen molar-refractivity contribution < 1.29 is 34.7 Å². The molecule has 0 spiro atoms. The van der Waals surface area contributed by atoms with Crippen molar-refractivity contribution in [2.24, 2.45) is 0 Å². The fraction of sp³-hybridized carbons (Fsp3) is 0.357. The van der Waals surface area contributed by atoms with Crippen LogP contribution in [-0.4, -0.2) is 62.1 Å². The summed E-state index contributed by atoms with van der Waals surface area (Å²) in [4.78, 5) is 14.0. The minimum atomic E-state index is -1.75. The number of carbonyl (C=O) groups is 1. The molecule has 0 bridgehead atoms. The highest BCUT2D eigenvalue weighted by molar-refractivity contribution is 9.10. The van der Waals surface area contributed by atoms with Crippen molar-refractivity contribution >= 4 is 32.8 Å². The number of carboxylic acid groups (broad SMARTS) is 1. The summed E-state index contributed by atoms with van der Waals surface area (Å²) >= 11 is 3.33. The molecule has 0 amide bonds. The molecule has 2 aromatic rings. The van der Waals surface area contributed by atoms with Gasteiger partial charge in [-0.15, -0.1) is 0 Å². The molecule has 5 N–H and O–H groups in total. The molecule has 2 heterocycles. The van der Waals surface area contributed by atoms with Gasteiger partial charge in [0.1, 0.15) is 24.1 Å². The van der Waals surface area contributed by atoms with Crippen LogP contribution in [0.3, 0.4) is 0 Å². The van der Waals surface area contributed by atoms with Crippen LogP contribution in [0.4, 0.5) is 0 Å². The van der Waals surface area contributed by atoms with Gasteiger partial charge in [0.05, 0.1) is 0 Å². The largest absolute Gasteiger partial charge is 0.479 e. The molecule has 1 fully saturated rings. The Morgan fingerprint density at radius 3 is 2.65 bits per heavy atom. The molecular formula is C14H14BrNO7. The number of benzene rings is 1. The third-order valence-corrected chi connectivity index (χ3v) is 4.16. The van der Waals surface area contributed by atoms with E-state index in [-0.39, 0.29) is 0 Å². The zero-order chi connectivity index (χ0) is 16.7. The summed E-state index contributed by atoms with van der Waals surface area (Å²) in [6.45, 7) is 0. The van der Waals surface area contributed by atoms with Gasteiger partial charge in [-0.05, 0) is 18.2 Å². The van der Waals surface area contributed by atoms with Crippen molar-refractivity contribution in [3.05, 3.63) is 28.9 Å². The molecule has 124 valence electrons. The van der Waals surface area contributed by atoms with Crippen LogP contribution in [0, 0.1) is 0 Å². The number of aliphatic hydroxyl groups is 3. The second-order valence-electron chi connectivity index (χ2n) is 5.20. The molecule has 8 nitrogen and oxygen atoms in total. The Hall–Kier alpha value is -1.65. The normalized spacial score (nSPS) is 31.2. The lowest BCUT2D eigenvalue weighted by atomic mass is 9.99. The van der Waals surface area contributed by atoms with E-state index in [0.29, 0.717) is 11.1 Å². The molecule has 23 heavy (non-hydrogen) atoms. The molecule has 1 aliphatic rings. The van der Waals surface area contributed by atoms with E-state index in [1.54, 1.807) is 6.07 Å². The topological polar surface area (TPSA) is 132 Å². The molecule has 0 aliphatic carbocycles. The van der Waals surface area contributed by atoms with Crippen molar-refractivity contribution in [2.45, 2.75) is 30.7 Å². The fourth-order valence-electron chi connectivity index (χ4n) is 2.44. The average molecular weight is 388 g/mol. The van der Waals surface area contributed by atoms with E-state index >= 15 is 0 Å². The SMILES string of the molecule is O=C(O)[C@H]1O[C@@H](Oc2c[nH]c3ccc(Br)cc23)[C@H](O)[C@H](O)[C@@H]1O. The molecule has 1 aromatic heterocycles. The minimum absolute atomic E-state index is 0.318. The van der Waals surface area contributed by atoms with Gasteiger partial charge >= 0.3 is 5.97 Å². The Morgan fingerprint density at radius 1 is 1.22 bits per heavy atom. The standard InChI is InChI=1S/C14H14BrNO7/c15-5-1-2-7-6(3-5)8(4-16-7)22-14-11(19)9(17)10(18)12(23-14)13(20)21/h1-4,9-12,14,16-19H,(H,20,21)/t9-,10+,11-,12+,14-/m1/s1. The number of aliphatic carboxylic acids is 1. The first kappa shape index (κ1) is 16.2. The van der Waals surface area contributed by atoms with Gasteiger partial charge in [-0.25, -0.2) is 4.79 Å². The molecule has 0 unspecified atom stereocenters. The van der Waals surface area contributed by atoms with Crippen LogP contribution in [0.1, 0.15) is 0 Å². The number of nitrogens with one attached hydrogen (secondary N) is 1. The van der Waals surface area contributed by atoms with E-state index in [4.69, 9.17) is 14.6 Å². The Balaban J connectivity index is 1.88. The lowest BCUT2D eigenvalue weighted by Crippen LogP contribution is -2.61. The number of fused-ring (bicyclic) bond motifs is 1. The highest BCUT2D eigenvalue weighted by Crippen LogP contribution is 2.31. The molecule has 0 radical (unpaired) electrons. The van der Waals surface area contributed by atoms with Gasteiger partial charge in [0, 0.05) is 21.6 Å². The smallest absolute Gasteiger partial charge is 0.335 e. The van der Waals surface area contributed by atoms with Crippen LogP contribution in [0.15, 0.2) is 28.9 Å². The molecule has 1 saturated heterocycles. The Morgan fingerprint density at radius 2 is 1.96 bits per heavy atom. The zero-order valence-corrected chi connectivity index (χ0v) is 13.2. The summed E-state index contributed by atoms with van der Waals surface area (Å²) in [5.74, 6) is -1.14. The number of aliphatic hydroxyl groups excluding tert-OH is 3. The summed E-state index contributed by atoms with van der Waals surface area (Å²) in [6, 6.07) is 5.41. The van der Waals surface area contributed by atoms with Gasteiger partial charge in [0.15, 0.2) is 6.10 Å². The van der Waals surface area contributed by atoms with Crippen LogP contribution in [0.5, 0.6) is 5.75 Å². The van der Waals surface area contributed by atoms with E-state index in [2.05, 4.69) is 20.9 Å². The third-order valence-electron chi connectivity index (χ3n) is 3.66. The van der Waals surface area contributed by atoms with Crippen molar-refractivity contribution in [1.29, 1.82) is 0 Å². The van der Waals surface area contributed by atoms with Crippen molar-refractivity contribution in [3.63, 3.8) is 0 Å². The summed E-state index contributed by atoms with van der Waals surface area (Å²) in [5.41, 5.74) is 0.767. The summed E-state index contributed by atoms with van der Waals surface area (Å²) in [6.07, 6.45) is -6.66. The highest BCUT2D eigenvalue weighted by Gasteiger charge is 2.48. The molecular weight excluding hydrogens is 374 g/mol. The molecule has 9 heteroatoms. The van der Waals surface area contributed by atoms with E-state index in [1.807, 2.05) is 12.1 Å². The van der Waals surface area contributed by atoms with E-state index in [1.165, 1.54) is 6.20 Å². The second kappa shape index (κ2) is 6.10. The Bertz CT molecular complexity index is 733. The number of carboxylic acids is 1. The van der Waals surface area contributed by atoms with Gasteiger partial charge in [0.25, 0.3) is 0 Å². The van der Waals surface area contributed by atoms with Crippen LogP contribution in [0.2, 0.25) is 0 Å². The number of aromatic nitrogens is 1. The lowest BCUT2D eigenvalue weighted by molar-refractivity contribution is -0.270. The number of ether oxygens (including phenoxy) is 2. The minimum Gasteiger partial charge on any atom is -0.479 e. The predicted molar refractivity (Wildman–Crippen MR) is 80.9 cm³/mol. The maximum atomic E-state index is 11.1. The number of H-pyrrole nitrogens is 1. The summed E-state index contributed by atoms with van der Waals surface area (Å²) in [7, 11) is 0. The third kappa shape index (κ3) is 2.93. The molecule has 3 rings (SSSR count). The molecule has 1 aromatic carbocycles. The maximum Gasteiger partial charge on any atom is 0.335 e. The van der Waals surface area contributed by atoms with Gasteiger partial charge in [-0.1, -0.05) is 15.9 Å². The summed E-state index contributed by atoms with van der Waals surface area (Å²) in [5, 5.41) is 39.1. The first-order chi connectivity index (χ1) is 10.9. The van der Waals surface area contributed by atoms with E-state index in [9.17, 15) is 20.1 Å². The van der Waals surface area contributed by atoms with Crippen molar-refractivity contribution in [3.8, 4) is 5.75 Å². The molecule has 5 atom stereocenters. The fourth-order valence-corrected chi connectivity index (χ4v) is 2.80. The summed E-state index contributed by atoms with van der Waals surface area (Å²) < 4.78 is 11.4. The van der Waals surface area contributed by atoms with E-state index < -0.39 is 36.7 Å². The van der Waals surface area contributed by atoms with Crippen LogP contribution < -0.4 is 4.74 Å². The monoisotopic (exact) mass is 387 g/mol. The zero-order valence-electron chi connectivity index (χ0n) is 11.6. The van der Waals surface area contributed by atoms with Gasteiger partial charge in [0.2, 0.25) is 6.29 Å². The highest BCUT2D eigenvalue weighted by atomic mass is 79.9. The predicted octanol–water partition coefficient (Wildman–Crippen LogP) is 0.201. The van der Waals surface area contributed by atoms with Gasteiger partial charge in [-0.2, -0.15) is 0 Å². The van der Waals surface area contributed by atoms with Crippen molar-refractivity contribution in [2.75, 3.05) is 0 Å². The molecule has 0 saturated carbocycles. The van der Waals surface area contributed by atoms with Crippen LogP contribution in [0.25, 0.3) is 10.9 Å². The quantitative estimate of drug-likeness (QED) is 0.508. The van der Waals surface area contributed by atoms with Gasteiger partial charge in [-0.3, -0.25) is 0 Å². The number of aromatic amines is 1. The van der Waals surface area contributed by atoms with Crippen molar-refractivity contribution in [1.82, 2.24) is 4.98 Å². The average Bonchev–Trinajstić information content (AvgIpc) is 2.89. The van der Waals surface area contributed by atoms with E-state index in [0.717, 1.165) is 9.99 Å². The Kier molecular flexibility index (Phi) is 4.30. The lowest BCUT2D eigenvalue weighted by Gasteiger charge is -2.38. The Labute approximate surface area is 138 Å². The molecule has 1 aliphatic heterocycles. The maximum absolute atomic E-state index is 11.1. The van der Waals surface area contributed by atoms with Crippen LogP contribution >= 0.6 is 15.9 Å². The van der Waals surface area contributed by atoms with Gasteiger partial charge < -0.3 is 34.9 Å². The first-order valence-corrected chi connectivity index (χ1v) is 7.53. The first-order valence-electron chi connectivity index (χ1n) is 6.74. The number of halogens is 1. The number of hydrogen-bond donors (Lipinski definition) is 5.